The number of nitrogens with one attached hydrogen (secondary N) is 1. The average Bonchev–Trinajstić information content (AvgIpc) is 2.80. The molecule has 8 heteroatoms. The Morgan fingerprint density at radius 3 is 2.45 bits per heavy atom. The Bertz CT molecular complexity index is 946. The van der Waals surface area contributed by atoms with Gasteiger partial charge in [-0.25, -0.2) is 8.78 Å². The summed E-state index contributed by atoms with van der Waals surface area (Å²) in [6.07, 6.45) is 1.34. The zero-order chi connectivity index (χ0) is 21.8. The number of halogens is 2. The number of hydrogen-bond acceptors (Lipinski definition) is 4. The van der Waals surface area contributed by atoms with Crippen molar-refractivity contribution in [3.8, 4) is 0 Å². The number of anilines is 2. The molecule has 0 aromatic heterocycles. The highest BCUT2D eigenvalue weighted by Crippen LogP contribution is 2.25. The number of morpholine rings is 1. The van der Waals surface area contributed by atoms with E-state index in [1.165, 1.54) is 30.3 Å². The highest BCUT2D eigenvalue weighted by atomic mass is 19.1. The second-order valence-electron chi connectivity index (χ2n) is 7.85. The highest BCUT2D eigenvalue weighted by Gasteiger charge is 2.29. The summed E-state index contributed by atoms with van der Waals surface area (Å²) in [4.78, 5) is 29.0. The number of amides is 2. The number of rotatable bonds is 4. The first-order valence-electron chi connectivity index (χ1n) is 10.5. The van der Waals surface area contributed by atoms with Crippen LogP contribution in [-0.2, 0) is 9.53 Å². The Kier molecular flexibility index (Phi) is 6.46. The van der Waals surface area contributed by atoms with Crippen molar-refractivity contribution < 1.29 is 23.1 Å². The van der Waals surface area contributed by atoms with Gasteiger partial charge in [0.05, 0.1) is 24.8 Å². The van der Waals surface area contributed by atoms with Crippen LogP contribution in [0.25, 0.3) is 0 Å². The molecule has 31 heavy (non-hydrogen) atoms. The molecule has 0 bridgehead atoms. The molecule has 4 rings (SSSR count). The van der Waals surface area contributed by atoms with Crippen molar-refractivity contribution in [3.63, 3.8) is 0 Å². The topological polar surface area (TPSA) is 61.9 Å². The summed E-state index contributed by atoms with van der Waals surface area (Å²) in [6.45, 7) is 3.20. The molecular weight excluding hydrogens is 404 g/mol. The van der Waals surface area contributed by atoms with E-state index < -0.39 is 11.6 Å². The molecule has 164 valence electrons. The first-order chi connectivity index (χ1) is 15.0. The van der Waals surface area contributed by atoms with Crippen LogP contribution >= 0.6 is 0 Å². The Morgan fingerprint density at radius 2 is 1.74 bits per heavy atom. The van der Waals surface area contributed by atoms with E-state index in [0.29, 0.717) is 62.6 Å². The monoisotopic (exact) mass is 429 g/mol. The fourth-order valence-corrected chi connectivity index (χ4v) is 4.04. The number of likely N-dealkylation sites (tertiary alicyclic amines) is 1. The third-order valence-corrected chi connectivity index (χ3v) is 5.74. The molecule has 2 aliphatic rings. The fourth-order valence-electron chi connectivity index (χ4n) is 4.04. The van der Waals surface area contributed by atoms with Gasteiger partial charge in [-0.05, 0) is 55.3 Å². The van der Waals surface area contributed by atoms with Crippen molar-refractivity contribution in [3.05, 3.63) is 59.7 Å². The Labute approximate surface area is 179 Å². The van der Waals surface area contributed by atoms with E-state index in [1.807, 2.05) is 4.90 Å². The summed E-state index contributed by atoms with van der Waals surface area (Å²) in [6, 6.07) is 10.1. The summed E-state index contributed by atoms with van der Waals surface area (Å²) >= 11 is 0. The maximum Gasteiger partial charge on any atom is 0.253 e. The van der Waals surface area contributed by atoms with E-state index in [0.717, 1.165) is 0 Å². The quantitative estimate of drug-likeness (QED) is 0.810. The molecule has 2 aliphatic heterocycles. The average molecular weight is 429 g/mol. The lowest BCUT2D eigenvalue weighted by molar-refractivity contribution is -0.121. The van der Waals surface area contributed by atoms with E-state index >= 15 is 0 Å². The molecule has 0 radical (unpaired) electrons. The molecule has 2 saturated heterocycles. The minimum Gasteiger partial charge on any atom is -0.378 e. The SMILES string of the molecule is O=C(Nc1ccc(N2CCOCC2)c(F)c1)C1CCCN(C(=O)c2ccc(F)cc2)C1. The van der Waals surface area contributed by atoms with E-state index in [-0.39, 0.29) is 24.3 Å². The van der Waals surface area contributed by atoms with Gasteiger partial charge in [0.25, 0.3) is 5.91 Å². The Morgan fingerprint density at radius 1 is 1.00 bits per heavy atom. The Balaban J connectivity index is 1.38. The van der Waals surface area contributed by atoms with Gasteiger partial charge in [0, 0.05) is 37.4 Å². The maximum atomic E-state index is 14.6. The number of ether oxygens (including phenoxy) is 1. The summed E-state index contributed by atoms with van der Waals surface area (Å²) in [5, 5.41) is 2.78. The van der Waals surface area contributed by atoms with Gasteiger partial charge in [0.2, 0.25) is 5.91 Å². The normalized spacial score (nSPS) is 19.2. The molecule has 2 aromatic rings. The van der Waals surface area contributed by atoms with Crippen molar-refractivity contribution >= 4 is 23.2 Å². The van der Waals surface area contributed by atoms with Crippen LogP contribution in [0.2, 0.25) is 0 Å². The van der Waals surface area contributed by atoms with Gasteiger partial charge in [0.1, 0.15) is 11.6 Å². The Hall–Kier alpha value is -3.00. The smallest absolute Gasteiger partial charge is 0.253 e. The lowest BCUT2D eigenvalue weighted by Crippen LogP contribution is -2.43. The number of carbonyl (C=O) groups is 2. The summed E-state index contributed by atoms with van der Waals surface area (Å²) in [5.74, 6) is -1.65. The fraction of sp³-hybridized carbons (Fsp3) is 0.391. The van der Waals surface area contributed by atoms with Crippen LogP contribution in [0.3, 0.4) is 0 Å². The lowest BCUT2D eigenvalue weighted by Gasteiger charge is -2.32. The molecule has 1 N–H and O–H groups in total. The minimum atomic E-state index is -0.403. The van der Waals surface area contributed by atoms with Crippen molar-refractivity contribution in [2.45, 2.75) is 12.8 Å². The molecule has 2 aromatic carbocycles. The van der Waals surface area contributed by atoms with Gasteiger partial charge in [-0.15, -0.1) is 0 Å². The van der Waals surface area contributed by atoms with Gasteiger partial charge in [-0.2, -0.15) is 0 Å². The van der Waals surface area contributed by atoms with Crippen LogP contribution in [0, 0.1) is 17.6 Å². The molecule has 0 spiro atoms. The van der Waals surface area contributed by atoms with Crippen LogP contribution in [0.1, 0.15) is 23.2 Å². The largest absolute Gasteiger partial charge is 0.378 e. The van der Waals surface area contributed by atoms with Crippen LogP contribution in [0.5, 0.6) is 0 Å². The first-order valence-corrected chi connectivity index (χ1v) is 10.5. The van der Waals surface area contributed by atoms with Crippen molar-refractivity contribution in [2.24, 2.45) is 5.92 Å². The van der Waals surface area contributed by atoms with Crippen LogP contribution in [0.4, 0.5) is 20.2 Å². The maximum absolute atomic E-state index is 14.6. The van der Waals surface area contributed by atoms with Gasteiger partial charge in [-0.1, -0.05) is 0 Å². The third kappa shape index (κ3) is 5.02. The molecular formula is C23H25F2N3O3. The van der Waals surface area contributed by atoms with Crippen molar-refractivity contribution in [1.29, 1.82) is 0 Å². The van der Waals surface area contributed by atoms with Gasteiger partial charge in [-0.3, -0.25) is 9.59 Å². The number of nitrogens with zero attached hydrogens (tertiary/aromatic N) is 2. The minimum absolute atomic E-state index is 0.224. The number of hydrogen-bond donors (Lipinski definition) is 1. The second-order valence-corrected chi connectivity index (χ2v) is 7.85. The van der Waals surface area contributed by atoms with Gasteiger partial charge < -0.3 is 19.9 Å². The van der Waals surface area contributed by atoms with E-state index in [9.17, 15) is 18.4 Å². The summed E-state index contributed by atoms with van der Waals surface area (Å²) in [7, 11) is 0. The predicted octanol–water partition coefficient (Wildman–Crippen LogP) is 3.29. The number of piperidine rings is 1. The molecule has 2 heterocycles. The van der Waals surface area contributed by atoms with Crippen LogP contribution in [0.15, 0.2) is 42.5 Å². The molecule has 2 fully saturated rings. The van der Waals surface area contributed by atoms with Gasteiger partial charge >= 0.3 is 0 Å². The zero-order valence-electron chi connectivity index (χ0n) is 17.2. The second kappa shape index (κ2) is 9.43. The third-order valence-electron chi connectivity index (χ3n) is 5.74. The molecule has 1 unspecified atom stereocenters. The van der Waals surface area contributed by atoms with E-state index in [4.69, 9.17) is 4.74 Å². The summed E-state index contributed by atoms with van der Waals surface area (Å²) < 4.78 is 33.0. The van der Waals surface area contributed by atoms with Crippen LogP contribution < -0.4 is 10.2 Å². The van der Waals surface area contributed by atoms with Crippen molar-refractivity contribution in [1.82, 2.24) is 4.90 Å². The van der Waals surface area contributed by atoms with E-state index in [2.05, 4.69) is 5.32 Å². The molecule has 6 nitrogen and oxygen atoms in total. The highest BCUT2D eigenvalue weighted by molar-refractivity contribution is 5.96. The van der Waals surface area contributed by atoms with Gasteiger partial charge in [0.15, 0.2) is 0 Å². The molecule has 1 atom stereocenters. The van der Waals surface area contributed by atoms with Crippen molar-refractivity contribution in [2.75, 3.05) is 49.6 Å². The molecule has 0 saturated carbocycles. The number of carbonyl (C=O) groups excluding carboxylic acids is 2. The summed E-state index contributed by atoms with van der Waals surface area (Å²) in [5.41, 5.74) is 1.28. The molecule has 0 aliphatic carbocycles. The standard InChI is InChI=1S/C23H25F2N3O3/c24-18-5-3-16(4-6-18)23(30)28-9-1-2-17(15-28)22(29)26-19-7-8-21(20(25)14-19)27-10-12-31-13-11-27/h3-8,14,17H,1-2,9-13,15H2,(H,26,29). The zero-order valence-corrected chi connectivity index (χ0v) is 17.2. The lowest BCUT2D eigenvalue weighted by atomic mass is 9.96. The first kappa shape index (κ1) is 21.2. The molecule has 2 amide bonds. The number of benzene rings is 2. The van der Waals surface area contributed by atoms with Crippen LogP contribution in [-0.4, -0.2) is 56.1 Å². The predicted molar refractivity (Wildman–Crippen MR) is 113 cm³/mol. The van der Waals surface area contributed by atoms with E-state index in [1.54, 1.807) is 17.0 Å².